The van der Waals surface area contributed by atoms with Crippen molar-refractivity contribution in [2.75, 3.05) is 19.7 Å². The minimum absolute atomic E-state index is 0.128. The summed E-state index contributed by atoms with van der Waals surface area (Å²) in [7, 11) is -3.57. The largest absolute Gasteiger partial charge is 0.376 e. The number of carbonyl (C=O) groups is 1. The first-order valence-electron chi connectivity index (χ1n) is 9.95. The molecule has 2 aliphatic carbocycles. The number of hydrogen-bond acceptors (Lipinski definition) is 4. The van der Waals surface area contributed by atoms with Crippen molar-refractivity contribution in [3.05, 3.63) is 29.8 Å². The molecule has 150 valence electrons. The summed E-state index contributed by atoms with van der Waals surface area (Å²) in [5, 5.41) is 2.81. The van der Waals surface area contributed by atoms with Crippen molar-refractivity contribution in [1.82, 2.24) is 10.0 Å². The van der Waals surface area contributed by atoms with Crippen LogP contribution in [0.2, 0.25) is 0 Å². The third-order valence-corrected chi connectivity index (χ3v) is 6.84. The normalized spacial score (nSPS) is 23.1. The minimum atomic E-state index is -3.57. The first-order valence-corrected chi connectivity index (χ1v) is 11.4. The van der Waals surface area contributed by atoms with Crippen LogP contribution >= 0.6 is 0 Å². The van der Waals surface area contributed by atoms with E-state index in [0.29, 0.717) is 37.1 Å². The quantitative estimate of drug-likeness (QED) is 0.631. The number of hydrogen-bond donors (Lipinski definition) is 2. The molecule has 0 radical (unpaired) electrons. The molecule has 7 heteroatoms. The van der Waals surface area contributed by atoms with Crippen LogP contribution in [0.15, 0.2) is 29.2 Å². The van der Waals surface area contributed by atoms with Crippen molar-refractivity contribution in [2.24, 2.45) is 11.8 Å². The van der Waals surface area contributed by atoms with E-state index < -0.39 is 10.0 Å². The van der Waals surface area contributed by atoms with Crippen LogP contribution in [0.1, 0.15) is 55.8 Å². The van der Waals surface area contributed by atoms with Gasteiger partial charge in [-0.2, -0.15) is 0 Å². The molecule has 0 saturated heterocycles. The fraction of sp³-hybridized carbons (Fsp3) is 0.650. The van der Waals surface area contributed by atoms with Crippen LogP contribution in [-0.4, -0.2) is 40.1 Å². The van der Waals surface area contributed by atoms with Gasteiger partial charge in [0, 0.05) is 18.7 Å². The van der Waals surface area contributed by atoms with Crippen LogP contribution in [-0.2, 0) is 14.8 Å². The first-order chi connectivity index (χ1) is 13.0. The second-order valence-corrected chi connectivity index (χ2v) is 9.52. The summed E-state index contributed by atoms with van der Waals surface area (Å²) in [6.45, 7) is 3.57. The van der Waals surface area contributed by atoms with Gasteiger partial charge in [-0.1, -0.05) is 25.8 Å². The summed E-state index contributed by atoms with van der Waals surface area (Å²) in [4.78, 5) is 12.5. The van der Waals surface area contributed by atoms with Crippen LogP contribution in [0.3, 0.4) is 0 Å². The number of amides is 1. The molecule has 2 fully saturated rings. The molecule has 0 unspecified atom stereocenters. The molecule has 1 aromatic rings. The Hall–Kier alpha value is -1.44. The summed E-state index contributed by atoms with van der Waals surface area (Å²) < 4.78 is 33.2. The second-order valence-electron chi connectivity index (χ2n) is 7.75. The minimum Gasteiger partial charge on any atom is -0.376 e. The highest BCUT2D eigenvalue weighted by atomic mass is 32.2. The number of benzene rings is 1. The number of nitrogens with one attached hydrogen (secondary N) is 2. The lowest BCUT2D eigenvalue weighted by Crippen LogP contribution is -2.32. The van der Waals surface area contributed by atoms with Crippen LogP contribution in [0.4, 0.5) is 0 Å². The lowest BCUT2D eigenvalue weighted by Gasteiger charge is -2.28. The maximum absolute atomic E-state index is 12.3. The van der Waals surface area contributed by atoms with Gasteiger partial charge < -0.3 is 10.1 Å². The van der Waals surface area contributed by atoms with Crippen LogP contribution < -0.4 is 10.0 Å². The third-order valence-electron chi connectivity index (χ3n) is 5.42. The van der Waals surface area contributed by atoms with Gasteiger partial charge in [0.05, 0.1) is 17.6 Å². The van der Waals surface area contributed by atoms with E-state index in [9.17, 15) is 13.2 Å². The van der Waals surface area contributed by atoms with Crippen molar-refractivity contribution >= 4 is 15.9 Å². The molecule has 1 aromatic carbocycles. The van der Waals surface area contributed by atoms with Gasteiger partial charge in [0.15, 0.2) is 0 Å². The lowest BCUT2D eigenvalue weighted by molar-refractivity contribution is -0.00293. The van der Waals surface area contributed by atoms with Crippen molar-refractivity contribution in [2.45, 2.75) is 56.4 Å². The molecule has 0 bridgehead atoms. The Kier molecular flexibility index (Phi) is 6.89. The topological polar surface area (TPSA) is 84.5 Å². The van der Waals surface area contributed by atoms with Gasteiger partial charge in [-0.15, -0.1) is 0 Å². The Morgan fingerprint density at radius 3 is 2.70 bits per heavy atom. The van der Waals surface area contributed by atoms with Crippen LogP contribution in [0, 0.1) is 11.8 Å². The molecule has 0 spiro atoms. The van der Waals surface area contributed by atoms with E-state index >= 15 is 0 Å². The number of rotatable bonds is 9. The SMILES string of the molecule is C[C@H]1CCCC[C@@H]1OCCNC(=O)c1cccc(S(=O)(=O)NCC2CC2)c1. The molecule has 6 nitrogen and oxygen atoms in total. The van der Waals surface area contributed by atoms with Crippen molar-refractivity contribution < 1.29 is 17.9 Å². The molecular formula is C20H30N2O4S. The van der Waals surface area contributed by atoms with Crippen molar-refractivity contribution in [3.63, 3.8) is 0 Å². The fourth-order valence-corrected chi connectivity index (χ4v) is 4.61. The third kappa shape index (κ3) is 6.02. The van der Waals surface area contributed by atoms with Gasteiger partial charge in [0.2, 0.25) is 10.0 Å². The smallest absolute Gasteiger partial charge is 0.251 e. The summed E-state index contributed by atoms with van der Waals surface area (Å²) >= 11 is 0. The molecule has 3 rings (SSSR count). The van der Waals surface area contributed by atoms with Gasteiger partial charge in [-0.25, -0.2) is 13.1 Å². The molecular weight excluding hydrogens is 364 g/mol. The Morgan fingerprint density at radius 1 is 1.19 bits per heavy atom. The van der Waals surface area contributed by atoms with E-state index in [0.717, 1.165) is 19.3 Å². The number of carbonyl (C=O) groups excluding carboxylic acids is 1. The molecule has 1 amide bonds. The predicted molar refractivity (Wildman–Crippen MR) is 104 cm³/mol. The van der Waals surface area contributed by atoms with Crippen LogP contribution in [0.5, 0.6) is 0 Å². The maximum Gasteiger partial charge on any atom is 0.251 e. The molecule has 0 heterocycles. The van der Waals surface area contributed by atoms with E-state index in [2.05, 4.69) is 17.0 Å². The molecule has 2 saturated carbocycles. The zero-order valence-electron chi connectivity index (χ0n) is 15.9. The zero-order chi connectivity index (χ0) is 19.3. The first kappa shape index (κ1) is 20.3. The van der Waals surface area contributed by atoms with Crippen LogP contribution in [0.25, 0.3) is 0 Å². The van der Waals surface area contributed by atoms with E-state index in [1.165, 1.54) is 31.4 Å². The van der Waals surface area contributed by atoms with E-state index in [4.69, 9.17) is 4.74 Å². The van der Waals surface area contributed by atoms with Gasteiger partial charge in [-0.05, 0) is 55.7 Å². The standard InChI is InChI=1S/C20H30N2O4S/c1-15-5-2-3-8-19(15)26-12-11-21-20(23)17-6-4-7-18(13-17)27(24,25)22-14-16-9-10-16/h4,6-7,13,15-16,19,22H,2-3,5,8-12,14H2,1H3,(H,21,23)/t15-,19-/m0/s1. The van der Waals surface area contributed by atoms with Gasteiger partial charge in [0.25, 0.3) is 5.91 Å². The summed E-state index contributed by atoms with van der Waals surface area (Å²) in [5.74, 6) is 0.743. The summed E-state index contributed by atoms with van der Waals surface area (Å²) in [6.07, 6.45) is 7.20. The van der Waals surface area contributed by atoms with Gasteiger partial charge >= 0.3 is 0 Å². The second kappa shape index (κ2) is 9.17. The van der Waals surface area contributed by atoms with Gasteiger partial charge in [-0.3, -0.25) is 4.79 Å². The lowest BCUT2D eigenvalue weighted by atomic mass is 9.88. The molecule has 0 aromatic heterocycles. The zero-order valence-corrected chi connectivity index (χ0v) is 16.8. The number of sulfonamides is 1. The molecule has 2 N–H and O–H groups in total. The summed E-state index contributed by atoms with van der Waals surface area (Å²) in [6, 6.07) is 6.16. The highest BCUT2D eigenvalue weighted by Crippen LogP contribution is 2.28. The molecule has 2 aliphatic rings. The van der Waals surface area contributed by atoms with E-state index in [1.54, 1.807) is 12.1 Å². The highest BCUT2D eigenvalue weighted by Gasteiger charge is 2.25. The predicted octanol–water partition coefficient (Wildman–Crippen LogP) is 2.70. The van der Waals surface area contributed by atoms with Gasteiger partial charge in [0.1, 0.15) is 0 Å². The van der Waals surface area contributed by atoms with Crippen molar-refractivity contribution in [3.8, 4) is 0 Å². The van der Waals surface area contributed by atoms with Crippen molar-refractivity contribution in [1.29, 1.82) is 0 Å². The average molecular weight is 395 g/mol. The average Bonchev–Trinajstić information content (AvgIpc) is 3.49. The molecule has 0 aliphatic heterocycles. The Labute approximate surface area is 162 Å². The van der Waals surface area contributed by atoms with E-state index in [1.807, 2.05) is 0 Å². The molecule has 27 heavy (non-hydrogen) atoms. The highest BCUT2D eigenvalue weighted by molar-refractivity contribution is 7.89. The molecule has 2 atom stereocenters. The maximum atomic E-state index is 12.3. The Balaban J connectivity index is 1.47. The Bertz CT molecular complexity index is 746. The Morgan fingerprint density at radius 2 is 1.96 bits per heavy atom. The summed E-state index contributed by atoms with van der Waals surface area (Å²) in [5.41, 5.74) is 0.343. The number of ether oxygens (including phenoxy) is 1. The monoisotopic (exact) mass is 394 g/mol. The van der Waals surface area contributed by atoms with E-state index in [-0.39, 0.29) is 16.9 Å². The fourth-order valence-electron chi connectivity index (χ4n) is 3.44.